The van der Waals surface area contributed by atoms with Gasteiger partial charge >= 0.3 is 6.18 Å². The molecular weight excluding hydrogens is 506 g/mol. The number of nitrogens with one attached hydrogen (secondary N) is 1. The minimum absolute atomic E-state index is 0.0372. The van der Waals surface area contributed by atoms with E-state index in [0.717, 1.165) is 11.0 Å². The average molecular weight is 526 g/mol. The molecule has 0 fully saturated rings. The molecule has 2 heterocycles. The summed E-state index contributed by atoms with van der Waals surface area (Å²) in [6.45, 7) is 3.23. The van der Waals surface area contributed by atoms with Gasteiger partial charge in [0.25, 0.3) is 11.8 Å². The third-order valence-corrected chi connectivity index (χ3v) is 6.63. The topological polar surface area (TPSA) is 79.4 Å². The van der Waals surface area contributed by atoms with Gasteiger partial charge in [0, 0.05) is 29.5 Å². The molecule has 2 aliphatic rings. The predicted octanol–water partition coefficient (Wildman–Crippen LogP) is 5.10. The second-order valence-electron chi connectivity index (χ2n) is 9.34. The molecule has 2 aromatic rings. The second kappa shape index (κ2) is 8.64. The Hall–Kier alpha value is -2.91. The predicted molar refractivity (Wildman–Crippen MR) is 123 cm³/mol. The standard InChI is InChI=1S/C24H20Cl2F3N3O3/c1-22(2)9-17-19(18(33)10-22)23(24(27,28)29,21(35)32(17)12-13-4-3-7-30-11-13)31-20(34)15-6-5-14(25)8-16(15)26/h3-8,11H,9-10,12H2,1-2H3,(H,31,34)/t23-/m1/s1. The van der Waals surface area contributed by atoms with Crippen molar-refractivity contribution in [2.45, 2.75) is 44.9 Å². The number of hydrogen-bond acceptors (Lipinski definition) is 4. The molecular formula is C24H20Cl2F3N3O3. The Bertz CT molecular complexity index is 1260. The molecule has 0 unspecified atom stereocenters. The minimum atomic E-state index is -5.32. The van der Waals surface area contributed by atoms with Crippen LogP contribution in [0.4, 0.5) is 13.2 Å². The summed E-state index contributed by atoms with van der Waals surface area (Å²) in [5.74, 6) is -3.56. The SMILES string of the molecule is CC1(C)CC(=O)C2=C(C1)N(Cc1cccnc1)C(=O)[C@@]2(NC(=O)c1ccc(Cl)cc1Cl)C(F)(F)F. The summed E-state index contributed by atoms with van der Waals surface area (Å²) >= 11 is 11.9. The summed E-state index contributed by atoms with van der Waals surface area (Å²) < 4.78 is 44.5. The lowest BCUT2D eigenvalue weighted by atomic mass is 9.72. The number of nitrogens with zero attached hydrogens (tertiary/aromatic N) is 2. The number of Topliss-reactive ketones (excluding diaryl/α,β-unsaturated/α-hetero) is 1. The molecule has 35 heavy (non-hydrogen) atoms. The fraction of sp³-hybridized carbons (Fsp3) is 0.333. The molecule has 1 atom stereocenters. The zero-order valence-electron chi connectivity index (χ0n) is 18.7. The van der Waals surface area contributed by atoms with Crippen molar-refractivity contribution in [1.29, 1.82) is 0 Å². The van der Waals surface area contributed by atoms with Gasteiger partial charge in [0.2, 0.25) is 5.54 Å². The molecule has 1 aliphatic carbocycles. The van der Waals surface area contributed by atoms with Crippen molar-refractivity contribution in [2.75, 3.05) is 0 Å². The first kappa shape index (κ1) is 25.2. The summed E-state index contributed by atoms with van der Waals surface area (Å²) in [7, 11) is 0. The highest BCUT2D eigenvalue weighted by atomic mass is 35.5. The summed E-state index contributed by atoms with van der Waals surface area (Å²) in [5.41, 5.74) is -4.90. The van der Waals surface area contributed by atoms with Crippen LogP contribution >= 0.6 is 23.2 Å². The summed E-state index contributed by atoms with van der Waals surface area (Å²) in [6, 6.07) is 6.83. The number of ketones is 1. The van der Waals surface area contributed by atoms with Crippen LogP contribution in [-0.2, 0) is 16.1 Å². The lowest BCUT2D eigenvalue weighted by Gasteiger charge is -2.35. The Labute approximate surface area is 209 Å². The number of amides is 2. The van der Waals surface area contributed by atoms with Crippen molar-refractivity contribution in [3.8, 4) is 0 Å². The average Bonchev–Trinajstić information content (AvgIpc) is 2.96. The van der Waals surface area contributed by atoms with E-state index in [4.69, 9.17) is 23.2 Å². The summed E-state index contributed by atoms with van der Waals surface area (Å²) in [6.07, 6.45) is -2.59. The van der Waals surface area contributed by atoms with Crippen LogP contribution in [0.5, 0.6) is 0 Å². The molecule has 0 saturated carbocycles. The van der Waals surface area contributed by atoms with Crippen molar-refractivity contribution < 1.29 is 27.6 Å². The number of carbonyl (C=O) groups excluding carboxylic acids is 3. The molecule has 1 aliphatic heterocycles. The van der Waals surface area contributed by atoms with Crippen LogP contribution in [0.2, 0.25) is 10.0 Å². The number of rotatable bonds is 4. The fourth-order valence-electron chi connectivity index (χ4n) is 4.58. The van der Waals surface area contributed by atoms with Gasteiger partial charge < -0.3 is 10.2 Å². The number of aromatic nitrogens is 1. The third kappa shape index (κ3) is 4.31. The van der Waals surface area contributed by atoms with Gasteiger partial charge in [-0.3, -0.25) is 19.4 Å². The molecule has 6 nitrogen and oxygen atoms in total. The van der Waals surface area contributed by atoms with Crippen LogP contribution in [0.15, 0.2) is 54.0 Å². The van der Waals surface area contributed by atoms with Crippen LogP contribution in [0.25, 0.3) is 0 Å². The van der Waals surface area contributed by atoms with Gasteiger partial charge in [-0.05, 0) is 41.7 Å². The van der Waals surface area contributed by atoms with Crippen molar-refractivity contribution in [3.05, 3.63) is 75.2 Å². The first-order chi connectivity index (χ1) is 16.3. The Morgan fingerprint density at radius 2 is 1.89 bits per heavy atom. The molecule has 0 saturated heterocycles. The Morgan fingerprint density at radius 1 is 1.17 bits per heavy atom. The van der Waals surface area contributed by atoms with Crippen molar-refractivity contribution in [2.24, 2.45) is 5.41 Å². The molecule has 2 amide bonds. The van der Waals surface area contributed by atoms with Gasteiger partial charge in [-0.25, -0.2) is 0 Å². The van der Waals surface area contributed by atoms with Gasteiger partial charge in [-0.15, -0.1) is 0 Å². The normalized spacial score (nSPS) is 21.9. The van der Waals surface area contributed by atoms with E-state index in [1.54, 1.807) is 26.0 Å². The quantitative estimate of drug-likeness (QED) is 0.601. The van der Waals surface area contributed by atoms with E-state index in [2.05, 4.69) is 4.98 Å². The van der Waals surface area contributed by atoms with Crippen LogP contribution in [0, 0.1) is 5.41 Å². The second-order valence-corrected chi connectivity index (χ2v) is 10.2. The summed E-state index contributed by atoms with van der Waals surface area (Å²) in [4.78, 5) is 44.7. The Morgan fingerprint density at radius 3 is 2.49 bits per heavy atom. The van der Waals surface area contributed by atoms with Crippen molar-refractivity contribution in [3.63, 3.8) is 0 Å². The Kier molecular flexibility index (Phi) is 6.22. The molecule has 0 radical (unpaired) electrons. The van der Waals surface area contributed by atoms with E-state index in [1.165, 1.54) is 24.5 Å². The molecule has 1 aromatic carbocycles. The largest absolute Gasteiger partial charge is 0.425 e. The maximum Gasteiger partial charge on any atom is 0.425 e. The highest BCUT2D eigenvalue weighted by Gasteiger charge is 2.71. The van der Waals surface area contributed by atoms with Crippen LogP contribution in [0.3, 0.4) is 0 Å². The zero-order valence-corrected chi connectivity index (χ0v) is 20.2. The van der Waals surface area contributed by atoms with Crippen LogP contribution in [0.1, 0.15) is 42.6 Å². The zero-order chi connectivity index (χ0) is 25.8. The van der Waals surface area contributed by atoms with E-state index in [9.17, 15) is 27.6 Å². The van der Waals surface area contributed by atoms with E-state index in [-0.39, 0.29) is 40.7 Å². The molecule has 0 bridgehead atoms. The van der Waals surface area contributed by atoms with E-state index < -0.39 is 40.3 Å². The molecule has 1 N–H and O–H groups in total. The highest BCUT2D eigenvalue weighted by molar-refractivity contribution is 6.36. The minimum Gasteiger partial charge on any atom is -0.326 e. The number of hydrogen-bond donors (Lipinski definition) is 1. The molecule has 4 rings (SSSR count). The maximum absolute atomic E-state index is 14.8. The van der Waals surface area contributed by atoms with Gasteiger partial charge in [-0.2, -0.15) is 13.2 Å². The van der Waals surface area contributed by atoms with E-state index in [0.29, 0.717) is 5.56 Å². The van der Waals surface area contributed by atoms with Crippen molar-refractivity contribution >= 4 is 40.8 Å². The first-order valence-corrected chi connectivity index (χ1v) is 11.3. The fourth-order valence-corrected chi connectivity index (χ4v) is 5.07. The van der Waals surface area contributed by atoms with Gasteiger partial charge in [-0.1, -0.05) is 43.1 Å². The first-order valence-electron chi connectivity index (χ1n) is 10.6. The van der Waals surface area contributed by atoms with Gasteiger partial charge in [0.1, 0.15) is 0 Å². The number of carbonyl (C=O) groups is 3. The van der Waals surface area contributed by atoms with E-state index >= 15 is 0 Å². The van der Waals surface area contributed by atoms with E-state index in [1.807, 2.05) is 5.32 Å². The monoisotopic (exact) mass is 525 g/mol. The number of allylic oxidation sites excluding steroid dienone is 1. The van der Waals surface area contributed by atoms with Gasteiger partial charge in [0.15, 0.2) is 5.78 Å². The smallest absolute Gasteiger partial charge is 0.326 e. The number of alkyl halides is 3. The number of halogens is 5. The van der Waals surface area contributed by atoms with Crippen molar-refractivity contribution in [1.82, 2.24) is 15.2 Å². The van der Waals surface area contributed by atoms with Crippen LogP contribution in [-0.4, -0.2) is 39.2 Å². The molecule has 11 heteroatoms. The molecule has 0 spiro atoms. The molecule has 1 aromatic heterocycles. The lowest BCUT2D eigenvalue weighted by molar-refractivity contribution is -0.190. The summed E-state index contributed by atoms with van der Waals surface area (Å²) in [5, 5.41) is 1.83. The highest BCUT2D eigenvalue weighted by Crippen LogP contribution is 2.52. The number of pyridine rings is 1. The molecule has 184 valence electrons. The maximum atomic E-state index is 14.8. The third-order valence-electron chi connectivity index (χ3n) is 6.08. The Balaban J connectivity index is 1.88. The van der Waals surface area contributed by atoms with Gasteiger partial charge in [0.05, 0.1) is 22.7 Å². The number of benzene rings is 1. The lowest BCUT2D eigenvalue weighted by Crippen LogP contribution is -2.66. The van der Waals surface area contributed by atoms with Crippen LogP contribution < -0.4 is 5.32 Å².